The molecule has 0 saturated carbocycles. The second kappa shape index (κ2) is 4.52. The monoisotopic (exact) mass is 245 g/mol. The number of rotatable bonds is 2. The van der Waals surface area contributed by atoms with Crippen LogP contribution in [0, 0.1) is 20.8 Å². The van der Waals surface area contributed by atoms with Crippen LogP contribution >= 0.6 is 0 Å². The Balaban J connectivity index is 2.27. The highest BCUT2D eigenvalue weighted by molar-refractivity contribution is 6.03. The van der Waals surface area contributed by atoms with Crippen molar-refractivity contribution in [3.05, 3.63) is 40.8 Å². The first-order valence-corrected chi connectivity index (χ1v) is 5.59. The van der Waals surface area contributed by atoms with Gasteiger partial charge in [-0.1, -0.05) is 5.16 Å². The van der Waals surface area contributed by atoms with E-state index in [-0.39, 0.29) is 11.6 Å². The van der Waals surface area contributed by atoms with Crippen molar-refractivity contribution in [2.75, 3.05) is 11.1 Å². The smallest absolute Gasteiger partial charge is 0.277 e. The summed E-state index contributed by atoms with van der Waals surface area (Å²) in [6, 6.07) is 5.23. The van der Waals surface area contributed by atoms with E-state index in [0.29, 0.717) is 11.4 Å². The molecule has 1 aromatic heterocycles. The zero-order valence-electron chi connectivity index (χ0n) is 10.6. The first-order chi connectivity index (χ1) is 8.47. The van der Waals surface area contributed by atoms with Crippen LogP contribution in [0.1, 0.15) is 27.4 Å². The van der Waals surface area contributed by atoms with Gasteiger partial charge in [-0.3, -0.25) is 4.79 Å². The Hall–Kier alpha value is -2.30. The number of nitrogens with one attached hydrogen (secondary N) is 1. The van der Waals surface area contributed by atoms with Crippen molar-refractivity contribution in [2.24, 2.45) is 0 Å². The Labute approximate surface area is 105 Å². The minimum absolute atomic E-state index is 0.267. The molecule has 5 nitrogen and oxygen atoms in total. The molecule has 3 N–H and O–H groups in total. The lowest BCUT2D eigenvalue weighted by atomic mass is 10.1. The van der Waals surface area contributed by atoms with Crippen molar-refractivity contribution in [2.45, 2.75) is 20.8 Å². The summed E-state index contributed by atoms with van der Waals surface area (Å²) in [5.74, 6) is 0.314. The number of aryl methyl sites for hydroxylation is 3. The molecule has 0 atom stereocenters. The van der Waals surface area contributed by atoms with Gasteiger partial charge in [0.15, 0.2) is 5.69 Å². The average Bonchev–Trinajstić information content (AvgIpc) is 2.70. The highest BCUT2D eigenvalue weighted by Gasteiger charge is 2.13. The van der Waals surface area contributed by atoms with Gasteiger partial charge in [0.25, 0.3) is 5.91 Å². The second-order valence-electron chi connectivity index (χ2n) is 4.31. The fraction of sp³-hybridized carbons (Fsp3) is 0.231. The van der Waals surface area contributed by atoms with Gasteiger partial charge in [0, 0.05) is 17.4 Å². The molecule has 1 heterocycles. The number of hydrogen-bond donors (Lipinski definition) is 2. The molecular weight excluding hydrogens is 230 g/mol. The summed E-state index contributed by atoms with van der Waals surface area (Å²) >= 11 is 0. The molecule has 0 radical (unpaired) electrons. The maximum atomic E-state index is 12.0. The average molecular weight is 245 g/mol. The molecule has 1 aromatic carbocycles. The van der Waals surface area contributed by atoms with Crippen LogP contribution in [-0.2, 0) is 0 Å². The highest BCUT2D eigenvalue weighted by atomic mass is 16.5. The molecule has 18 heavy (non-hydrogen) atoms. The molecule has 94 valence electrons. The normalized spacial score (nSPS) is 10.4. The van der Waals surface area contributed by atoms with Crippen molar-refractivity contribution in [3.8, 4) is 0 Å². The molecule has 0 unspecified atom stereocenters. The van der Waals surface area contributed by atoms with Gasteiger partial charge < -0.3 is 15.6 Å². The zero-order chi connectivity index (χ0) is 13.3. The third kappa shape index (κ3) is 2.34. The largest absolute Gasteiger partial charge is 0.399 e. The molecule has 2 aromatic rings. The van der Waals surface area contributed by atoms with Crippen LogP contribution in [0.25, 0.3) is 0 Å². The standard InChI is InChI=1S/C13H15N3O2/c1-7-4-10(14)5-8(2)12(7)15-13(17)11-6-9(3)18-16-11/h4-6H,14H2,1-3H3,(H,15,17). The Kier molecular flexibility index (Phi) is 3.06. The molecule has 0 fully saturated rings. The van der Waals surface area contributed by atoms with E-state index < -0.39 is 0 Å². The first-order valence-electron chi connectivity index (χ1n) is 5.59. The molecule has 0 aliphatic rings. The van der Waals surface area contributed by atoms with Crippen LogP contribution in [0.3, 0.4) is 0 Å². The zero-order valence-corrected chi connectivity index (χ0v) is 10.6. The highest BCUT2D eigenvalue weighted by Crippen LogP contribution is 2.23. The maximum Gasteiger partial charge on any atom is 0.277 e. The minimum Gasteiger partial charge on any atom is -0.399 e. The van der Waals surface area contributed by atoms with Gasteiger partial charge in [0.2, 0.25) is 0 Å². The molecular formula is C13H15N3O2. The Morgan fingerprint density at radius 2 is 1.83 bits per heavy atom. The molecule has 2 rings (SSSR count). The van der Waals surface area contributed by atoms with Gasteiger partial charge >= 0.3 is 0 Å². The number of carbonyl (C=O) groups is 1. The summed E-state index contributed by atoms with van der Waals surface area (Å²) in [5.41, 5.74) is 9.28. The van der Waals surface area contributed by atoms with Crippen LogP contribution in [-0.4, -0.2) is 11.1 Å². The number of carbonyl (C=O) groups excluding carboxylic acids is 1. The molecule has 0 spiro atoms. The van der Waals surface area contributed by atoms with E-state index >= 15 is 0 Å². The van der Waals surface area contributed by atoms with Gasteiger partial charge in [-0.2, -0.15) is 0 Å². The van der Waals surface area contributed by atoms with Crippen LogP contribution in [0.2, 0.25) is 0 Å². The van der Waals surface area contributed by atoms with Crippen molar-refractivity contribution in [1.82, 2.24) is 5.16 Å². The Morgan fingerprint density at radius 3 is 2.33 bits per heavy atom. The van der Waals surface area contributed by atoms with Crippen molar-refractivity contribution in [3.63, 3.8) is 0 Å². The number of anilines is 2. The topological polar surface area (TPSA) is 81.2 Å². The number of nitrogens with two attached hydrogens (primary N) is 1. The lowest BCUT2D eigenvalue weighted by Gasteiger charge is -2.11. The molecule has 0 bridgehead atoms. The Morgan fingerprint density at radius 1 is 1.22 bits per heavy atom. The number of nitrogens with zero attached hydrogens (tertiary/aromatic N) is 1. The third-order valence-corrected chi connectivity index (χ3v) is 2.65. The van der Waals surface area contributed by atoms with E-state index in [9.17, 15) is 4.79 Å². The summed E-state index contributed by atoms with van der Waals surface area (Å²) in [6.07, 6.45) is 0. The third-order valence-electron chi connectivity index (χ3n) is 2.65. The van der Waals surface area contributed by atoms with Crippen molar-refractivity contribution >= 4 is 17.3 Å². The number of aromatic nitrogens is 1. The van der Waals surface area contributed by atoms with E-state index in [1.807, 2.05) is 26.0 Å². The Bertz CT molecular complexity index is 579. The quantitative estimate of drug-likeness (QED) is 0.796. The molecule has 0 aliphatic carbocycles. The van der Waals surface area contributed by atoms with Gasteiger partial charge in [-0.15, -0.1) is 0 Å². The lowest BCUT2D eigenvalue weighted by Crippen LogP contribution is -2.14. The molecule has 5 heteroatoms. The van der Waals surface area contributed by atoms with Gasteiger partial charge in [-0.05, 0) is 44.0 Å². The van der Waals surface area contributed by atoms with Crippen LogP contribution in [0.15, 0.2) is 22.7 Å². The second-order valence-corrected chi connectivity index (χ2v) is 4.31. The molecule has 1 amide bonds. The van der Waals surface area contributed by atoms with E-state index in [4.69, 9.17) is 10.3 Å². The lowest BCUT2D eigenvalue weighted by molar-refractivity contribution is 0.101. The van der Waals surface area contributed by atoms with Crippen LogP contribution in [0.4, 0.5) is 11.4 Å². The summed E-state index contributed by atoms with van der Waals surface area (Å²) < 4.78 is 4.87. The van der Waals surface area contributed by atoms with Crippen molar-refractivity contribution < 1.29 is 9.32 Å². The van der Waals surface area contributed by atoms with Crippen LogP contribution < -0.4 is 11.1 Å². The SMILES string of the molecule is Cc1cc(C(=O)Nc2c(C)cc(N)cc2C)no1. The summed E-state index contributed by atoms with van der Waals surface area (Å²) in [4.78, 5) is 12.0. The summed E-state index contributed by atoms with van der Waals surface area (Å²) in [5, 5.41) is 6.50. The fourth-order valence-corrected chi connectivity index (χ4v) is 1.85. The van der Waals surface area contributed by atoms with Gasteiger partial charge in [0.1, 0.15) is 5.76 Å². The van der Waals surface area contributed by atoms with Crippen LogP contribution in [0.5, 0.6) is 0 Å². The van der Waals surface area contributed by atoms with Gasteiger partial charge in [0.05, 0.1) is 0 Å². The number of amides is 1. The fourth-order valence-electron chi connectivity index (χ4n) is 1.85. The summed E-state index contributed by atoms with van der Waals surface area (Å²) in [7, 11) is 0. The van der Waals surface area contributed by atoms with Gasteiger partial charge in [-0.25, -0.2) is 0 Å². The number of hydrogen-bond acceptors (Lipinski definition) is 4. The van der Waals surface area contributed by atoms with E-state index in [1.54, 1.807) is 13.0 Å². The summed E-state index contributed by atoms with van der Waals surface area (Å²) in [6.45, 7) is 5.53. The van der Waals surface area contributed by atoms with E-state index in [2.05, 4.69) is 10.5 Å². The predicted octanol–water partition coefficient (Wildman–Crippen LogP) is 2.43. The molecule has 0 saturated heterocycles. The predicted molar refractivity (Wildman–Crippen MR) is 69.5 cm³/mol. The first kappa shape index (κ1) is 12.2. The minimum atomic E-state index is -0.289. The van der Waals surface area contributed by atoms with E-state index in [0.717, 1.165) is 16.8 Å². The van der Waals surface area contributed by atoms with Crippen molar-refractivity contribution in [1.29, 1.82) is 0 Å². The molecule has 0 aliphatic heterocycles. The van der Waals surface area contributed by atoms with E-state index in [1.165, 1.54) is 0 Å². The number of nitrogen functional groups attached to an aromatic ring is 1. The number of benzene rings is 1. The maximum absolute atomic E-state index is 12.0.